The molecule has 3 nitrogen and oxygen atoms in total. The van der Waals surface area contributed by atoms with E-state index in [1.807, 2.05) is 0 Å². The highest BCUT2D eigenvalue weighted by Gasteiger charge is 2.31. The van der Waals surface area contributed by atoms with E-state index >= 15 is 0 Å². The third kappa shape index (κ3) is 2.76. The molecule has 19 heavy (non-hydrogen) atoms. The van der Waals surface area contributed by atoms with Crippen molar-refractivity contribution in [2.24, 2.45) is 12.8 Å². The van der Waals surface area contributed by atoms with Crippen molar-refractivity contribution in [3.63, 3.8) is 0 Å². The van der Waals surface area contributed by atoms with E-state index in [-0.39, 0.29) is 5.56 Å². The summed E-state index contributed by atoms with van der Waals surface area (Å²) in [7, 11) is 1.64. The number of alkyl halides is 3. The van der Waals surface area contributed by atoms with Gasteiger partial charge in [0.05, 0.1) is 17.8 Å². The first-order valence-corrected chi connectivity index (χ1v) is 5.40. The van der Waals surface area contributed by atoms with Crippen molar-refractivity contribution in [3.8, 4) is 0 Å². The van der Waals surface area contributed by atoms with Crippen molar-refractivity contribution >= 4 is 0 Å². The number of benzene rings is 1. The maximum Gasteiger partial charge on any atom is 0.416 e. The van der Waals surface area contributed by atoms with Crippen LogP contribution in [-0.4, -0.2) is 9.78 Å². The van der Waals surface area contributed by atoms with Crippen molar-refractivity contribution in [2.75, 3.05) is 0 Å². The molecular formula is C12H11F4N3. The standard InChI is InChI=1S/C12H11F4N3/c1-19-6-7(5-18-19)11(17)9-4-8(12(14,15)16)2-3-10(9)13/h2-6,11H,17H2,1H3. The maximum atomic E-state index is 13.6. The summed E-state index contributed by atoms with van der Waals surface area (Å²) in [5.41, 5.74) is 5.09. The van der Waals surface area contributed by atoms with Crippen LogP contribution < -0.4 is 5.73 Å². The molecule has 2 aromatic rings. The van der Waals surface area contributed by atoms with Crippen LogP contribution in [-0.2, 0) is 13.2 Å². The second-order valence-electron chi connectivity index (χ2n) is 4.16. The number of aromatic nitrogens is 2. The van der Waals surface area contributed by atoms with Crippen LogP contribution in [0.1, 0.15) is 22.7 Å². The van der Waals surface area contributed by atoms with Gasteiger partial charge in [0.25, 0.3) is 0 Å². The minimum absolute atomic E-state index is 0.206. The summed E-state index contributed by atoms with van der Waals surface area (Å²) in [5, 5.41) is 3.86. The van der Waals surface area contributed by atoms with Gasteiger partial charge in [-0.1, -0.05) is 0 Å². The molecule has 0 fully saturated rings. The van der Waals surface area contributed by atoms with Crippen molar-refractivity contribution < 1.29 is 17.6 Å². The summed E-state index contributed by atoms with van der Waals surface area (Å²) in [4.78, 5) is 0. The number of nitrogens with zero attached hydrogens (tertiary/aromatic N) is 2. The Morgan fingerprint density at radius 1 is 1.32 bits per heavy atom. The van der Waals surface area contributed by atoms with Gasteiger partial charge in [-0.25, -0.2) is 4.39 Å². The Bertz CT molecular complexity index is 589. The highest BCUT2D eigenvalue weighted by atomic mass is 19.4. The van der Waals surface area contributed by atoms with Gasteiger partial charge in [-0.15, -0.1) is 0 Å². The number of hydrogen-bond acceptors (Lipinski definition) is 2. The molecule has 1 unspecified atom stereocenters. The molecule has 0 amide bonds. The molecule has 0 spiro atoms. The summed E-state index contributed by atoms with van der Waals surface area (Å²) in [6, 6.07) is 1.20. The summed E-state index contributed by atoms with van der Waals surface area (Å²) >= 11 is 0. The van der Waals surface area contributed by atoms with Crippen molar-refractivity contribution in [2.45, 2.75) is 12.2 Å². The molecule has 0 bridgehead atoms. The van der Waals surface area contributed by atoms with E-state index in [4.69, 9.17) is 5.73 Å². The van der Waals surface area contributed by atoms with Crippen molar-refractivity contribution in [1.29, 1.82) is 0 Å². The number of nitrogens with two attached hydrogens (primary N) is 1. The van der Waals surface area contributed by atoms with E-state index in [1.54, 1.807) is 7.05 Å². The van der Waals surface area contributed by atoms with E-state index in [2.05, 4.69) is 5.10 Å². The second kappa shape index (κ2) is 4.65. The van der Waals surface area contributed by atoms with Crippen LogP contribution in [0.4, 0.5) is 17.6 Å². The number of hydrogen-bond donors (Lipinski definition) is 1. The van der Waals surface area contributed by atoms with Crippen LogP contribution in [0, 0.1) is 5.82 Å². The smallest absolute Gasteiger partial charge is 0.320 e. The minimum Gasteiger partial charge on any atom is -0.320 e. The summed E-state index contributed by atoms with van der Waals surface area (Å²) in [6.45, 7) is 0. The molecule has 7 heteroatoms. The fourth-order valence-electron chi connectivity index (χ4n) is 1.74. The molecule has 0 saturated carbocycles. The lowest BCUT2D eigenvalue weighted by molar-refractivity contribution is -0.137. The van der Waals surface area contributed by atoms with Gasteiger partial charge in [-0.2, -0.15) is 18.3 Å². The lowest BCUT2D eigenvalue weighted by atomic mass is 9.99. The first kappa shape index (κ1) is 13.5. The van der Waals surface area contributed by atoms with Gasteiger partial charge in [-0.05, 0) is 18.2 Å². The fraction of sp³-hybridized carbons (Fsp3) is 0.250. The van der Waals surface area contributed by atoms with Gasteiger partial charge in [0, 0.05) is 24.4 Å². The molecule has 102 valence electrons. The Labute approximate surface area is 106 Å². The van der Waals surface area contributed by atoms with Gasteiger partial charge < -0.3 is 5.73 Å². The third-order valence-corrected chi connectivity index (χ3v) is 2.74. The zero-order chi connectivity index (χ0) is 14.2. The molecule has 0 aliphatic carbocycles. The summed E-state index contributed by atoms with van der Waals surface area (Å²) in [6.07, 6.45) is -1.61. The van der Waals surface area contributed by atoms with Crippen molar-refractivity contribution in [1.82, 2.24) is 9.78 Å². The molecule has 1 aromatic carbocycles. The zero-order valence-electron chi connectivity index (χ0n) is 9.95. The summed E-state index contributed by atoms with van der Waals surface area (Å²) < 4.78 is 52.8. The molecule has 1 aromatic heterocycles. The lowest BCUT2D eigenvalue weighted by Gasteiger charge is -2.14. The lowest BCUT2D eigenvalue weighted by Crippen LogP contribution is -2.15. The van der Waals surface area contributed by atoms with Crippen LogP contribution in [0.5, 0.6) is 0 Å². The third-order valence-electron chi connectivity index (χ3n) is 2.74. The topological polar surface area (TPSA) is 43.8 Å². The Morgan fingerprint density at radius 3 is 2.53 bits per heavy atom. The monoisotopic (exact) mass is 273 g/mol. The molecule has 0 aliphatic rings. The SMILES string of the molecule is Cn1cc(C(N)c2cc(C(F)(F)F)ccc2F)cn1. The minimum atomic E-state index is -4.53. The molecule has 1 atom stereocenters. The average molecular weight is 273 g/mol. The Kier molecular flexibility index (Phi) is 3.32. The first-order valence-electron chi connectivity index (χ1n) is 5.40. The Balaban J connectivity index is 2.44. The molecule has 0 radical (unpaired) electrons. The zero-order valence-corrected chi connectivity index (χ0v) is 9.95. The Morgan fingerprint density at radius 2 is 2.00 bits per heavy atom. The maximum absolute atomic E-state index is 13.6. The van der Waals surface area contributed by atoms with Gasteiger partial charge >= 0.3 is 6.18 Å². The quantitative estimate of drug-likeness (QED) is 0.855. The van der Waals surface area contributed by atoms with Gasteiger partial charge in [0.1, 0.15) is 5.82 Å². The van der Waals surface area contributed by atoms with Crippen LogP contribution in [0.2, 0.25) is 0 Å². The number of rotatable bonds is 2. The first-order chi connectivity index (χ1) is 8.79. The van der Waals surface area contributed by atoms with Gasteiger partial charge in [0.2, 0.25) is 0 Å². The van der Waals surface area contributed by atoms with E-state index in [0.717, 1.165) is 12.1 Å². The van der Waals surface area contributed by atoms with E-state index in [0.29, 0.717) is 11.6 Å². The Hall–Kier alpha value is -1.89. The van der Waals surface area contributed by atoms with Crippen LogP contribution in [0.3, 0.4) is 0 Å². The molecule has 2 N–H and O–H groups in total. The van der Waals surface area contributed by atoms with Gasteiger partial charge in [-0.3, -0.25) is 4.68 Å². The summed E-state index contributed by atoms with van der Waals surface area (Å²) in [5.74, 6) is -0.774. The van der Waals surface area contributed by atoms with Crippen molar-refractivity contribution in [3.05, 3.63) is 53.1 Å². The van der Waals surface area contributed by atoms with E-state index in [1.165, 1.54) is 17.1 Å². The predicted octanol–water partition coefficient (Wildman–Crippen LogP) is 2.63. The largest absolute Gasteiger partial charge is 0.416 e. The average Bonchev–Trinajstić information content (AvgIpc) is 2.74. The fourth-order valence-corrected chi connectivity index (χ4v) is 1.74. The van der Waals surface area contributed by atoms with Gasteiger partial charge in [0.15, 0.2) is 0 Å². The van der Waals surface area contributed by atoms with Crippen LogP contribution in [0.25, 0.3) is 0 Å². The molecule has 2 rings (SSSR count). The molecular weight excluding hydrogens is 262 g/mol. The molecule has 0 saturated heterocycles. The number of aryl methyl sites for hydroxylation is 1. The number of halogens is 4. The van der Waals surface area contributed by atoms with Crippen LogP contribution >= 0.6 is 0 Å². The second-order valence-corrected chi connectivity index (χ2v) is 4.16. The highest BCUT2D eigenvalue weighted by Crippen LogP contribution is 2.32. The van der Waals surface area contributed by atoms with E-state index in [9.17, 15) is 17.6 Å². The molecule has 1 heterocycles. The normalized spacial score (nSPS) is 13.6. The van der Waals surface area contributed by atoms with Crippen LogP contribution in [0.15, 0.2) is 30.6 Å². The highest BCUT2D eigenvalue weighted by molar-refractivity contribution is 5.34. The van der Waals surface area contributed by atoms with E-state index < -0.39 is 23.6 Å². The predicted molar refractivity (Wildman–Crippen MR) is 60.6 cm³/mol. The molecule has 0 aliphatic heterocycles.